The summed E-state index contributed by atoms with van der Waals surface area (Å²) < 4.78 is 0. The summed E-state index contributed by atoms with van der Waals surface area (Å²) in [5, 5.41) is 8.80. The van der Waals surface area contributed by atoms with Crippen molar-refractivity contribution in [3.05, 3.63) is 29.8 Å². The number of aliphatic hydroxyl groups is 1. The maximum absolute atomic E-state index is 8.80. The van der Waals surface area contributed by atoms with E-state index in [1.54, 1.807) is 0 Å². The molecule has 1 aliphatic rings. The molecule has 0 atom stereocenters. The van der Waals surface area contributed by atoms with Crippen LogP contribution in [0, 0.1) is 0 Å². The lowest BCUT2D eigenvalue weighted by atomic mass is 10.1. The van der Waals surface area contributed by atoms with Gasteiger partial charge in [0.05, 0.1) is 0 Å². The summed E-state index contributed by atoms with van der Waals surface area (Å²) in [5.74, 6) is 0. The topological polar surface area (TPSA) is 23.5 Å². The minimum atomic E-state index is 0.286. The molecule has 0 unspecified atom stereocenters. The Labute approximate surface area is 91.5 Å². The number of aryl methyl sites for hydroxylation is 1. The molecule has 0 radical (unpaired) electrons. The van der Waals surface area contributed by atoms with Gasteiger partial charge < -0.3 is 10.0 Å². The van der Waals surface area contributed by atoms with Gasteiger partial charge in [-0.25, -0.2) is 0 Å². The van der Waals surface area contributed by atoms with Crippen molar-refractivity contribution in [1.29, 1.82) is 0 Å². The molecule has 1 fully saturated rings. The van der Waals surface area contributed by atoms with Crippen molar-refractivity contribution in [2.75, 3.05) is 24.6 Å². The van der Waals surface area contributed by atoms with Gasteiger partial charge in [-0.05, 0) is 43.4 Å². The zero-order chi connectivity index (χ0) is 10.5. The molecular formula is C13H19NO. The van der Waals surface area contributed by atoms with Crippen molar-refractivity contribution in [3.8, 4) is 0 Å². The van der Waals surface area contributed by atoms with Crippen LogP contribution in [0.3, 0.4) is 0 Å². The Balaban J connectivity index is 2.04. The van der Waals surface area contributed by atoms with E-state index in [0.29, 0.717) is 0 Å². The van der Waals surface area contributed by atoms with Crippen molar-refractivity contribution >= 4 is 5.69 Å². The fraction of sp³-hybridized carbons (Fsp3) is 0.538. The van der Waals surface area contributed by atoms with Gasteiger partial charge in [-0.15, -0.1) is 0 Å². The van der Waals surface area contributed by atoms with E-state index in [9.17, 15) is 0 Å². The number of nitrogens with zero attached hydrogens (tertiary/aromatic N) is 1. The zero-order valence-corrected chi connectivity index (χ0v) is 9.15. The quantitative estimate of drug-likeness (QED) is 0.814. The number of aliphatic hydroxyl groups excluding tert-OH is 1. The van der Waals surface area contributed by atoms with E-state index in [-0.39, 0.29) is 6.61 Å². The van der Waals surface area contributed by atoms with E-state index in [2.05, 4.69) is 29.2 Å². The fourth-order valence-corrected chi connectivity index (χ4v) is 2.17. The first-order valence-corrected chi connectivity index (χ1v) is 5.85. The summed E-state index contributed by atoms with van der Waals surface area (Å²) in [7, 11) is 0. The second kappa shape index (κ2) is 5.17. The SMILES string of the molecule is OCCCc1cccc(N2CCCC2)c1. The lowest BCUT2D eigenvalue weighted by Gasteiger charge is -2.18. The number of hydrogen-bond donors (Lipinski definition) is 1. The van der Waals surface area contributed by atoms with Gasteiger partial charge in [0.1, 0.15) is 0 Å². The summed E-state index contributed by atoms with van der Waals surface area (Å²) in [5.41, 5.74) is 2.69. The number of anilines is 1. The Kier molecular flexibility index (Phi) is 3.62. The summed E-state index contributed by atoms with van der Waals surface area (Å²) in [6, 6.07) is 8.73. The first-order chi connectivity index (χ1) is 7.40. The average Bonchev–Trinajstić information content (AvgIpc) is 2.80. The minimum absolute atomic E-state index is 0.286. The highest BCUT2D eigenvalue weighted by Crippen LogP contribution is 2.21. The van der Waals surface area contributed by atoms with E-state index in [4.69, 9.17) is 5.11 Å². The van der Waals surface area contributed by atoms with E-state index in [1.807, 2.05) is 0 Å². The summed E-state index contributed by atoms with van der Waals surface area (Å²) in [6.45, 7) is 2.68. The van der Waals surface area contributed by atoms with Gasteiger partial charge in [0.2, 0.25) is 0 Å². The molecule has 0 aliphatic carbocycles. The molecule has 1 heterocycles. The molecule has 1 aliphatic heterocycles. The normalized spacial score (nSPS) is 15.9. The van der Waals surface area contributed by atoms with Crippen molar-refractivity contribution in [3.63, 3.8) is 0 Å². The molecular weight excluding hydrogens is 186 g/mol. The van der Waals surface area contributed by atoms with Gasteiger partial charge in [-0.3, -0.25) is 0 Å². The van der Waals surface area contributed by atoms with E-state index in [0.717, 1.165) is 12.8 Å². The first kappa shape index (κ1) is 10.5. The standard InChI is InChI=1S/C13H19NO/c15-10-4-6-12-5-3-7-13(11-12)14-8-1-2-9-14/h3,5,7,11,15H,1-2,4,6,8-10H2. The Morgan fingerprint density at radius 2 is 2.00 bits per heavy atom. The van der Waals surface area contributed by atoms with Crippen LogP contribution in [0.4, 0.5) is 5.69 Å². The van der Waals surface area contributed by atoms with Crippen LogP contribution in [0.15, 0.2) is 24.3 Å². The van der Waals surface area contributed by atoms with Crippen LogP contribution in [0.5, 0.6) is 0 Å². The van der Waals surface area contributed by atoms with Gasteiger partial charge in [0.15, 0.2) is 0 Å². The maximum Gasteiger partial charge on any atom is 0.0434 e. The summed E-state index contributed by atoms with van der Waals surface area (Å²) >= 11 is 0. The van der Waals surface area contributed by atoms with Crippen LogP contribution in [0.1, 0.15) is 24.8 Å². The third kappa shape index (κ3) is 2.72. The van der Waals surface area contributed by atoms with Crippen LogP contribution in [0.25, 0.3) is 0 Å². The number of rotatable bonds is 4. The smallest absolute Gasteiger partial charge is 0.0434 e. The third-order valence-corrected chi connectivity index (χ3v) is 3.01. The van der Waals surface area contributed by atoms with Gasteiger partial charge in [0, 0.05) is 25.4 Å². The van der Waals surface area contributed by atoms with Gasteiger partial charge in [-0.2, -0.15) is 0 Å². The molecule has 0 spiro atoms. The molecule has 15 heavy (non-hydrogen) atoms. The van der Waals surface area contributed by atoms with Crippen LogP contribution in [-0.4, -0.2) is 24.8 Å². The lowest BCUT2D eigenvalue weighted by Crippen LogP contribution is -2.17. The molecule has 1 N–H and O–H groups in total. The van der Waals surface area contributed by atoms with E-state index in [1.165, 1.54) is 37.2 Å². The molecule has 1 aromatic carbocycles. The van der Waals surface area contributed by atoms with Crippen molar-refractivity contribution < 1.29 is 5.11 Å². The molecule has 82 valence electrons. The minimum Gasteiger partial charge on any atom is -0.396 e. The van der Waals surface area contributed by atoms with Crippen LogP contribution >= 0.6 is 0 Å². The Morgan fingerprint density at radius 3 is 2.73 bits per heavy atom. The van der Waals surface area contributed by atoms with Gasteiger partial charge in [-0.1, -0.05) is 12.1 Å². The Morgan fingerprint density at radius 1 is 1.20 bits per heavy atom. The van der Waals surface area contributed by atoms with E-state index >= 15 is 0 Å². The molecule has 2 heteroatoms. The largest absolute Gasteiger partial charge is 0.396 e. The summed E-state index contributed by atoms with van der Waals surface area (Å²) in [6.07, 6.45) is 4.49. The monoisotopic (exact) mass is 205 g/mol. The number of hydrogen-bond acceptors (Lipinski definition) is 2. The summed E-state index contributed by atoms with van der Waals surface area (Å²) in [4.78, 5) is 2.45. The molecule has 2 nitrogen and oxygen atoms in total. The van der Waals surface area contributed by atoms with Crippen LogP contribution in [0.2, 0.25) is 0 Å². The molecule has 0 amide bonds. The fourth-order valence-electron chi connectivity index (χ4n) is 2.17. The predicted octanol–water partition coefficient (Wildman–Crippen LogP) is 2.21. The lowest BCUT2D eigenvalue weighted by molar-refractivity contribution is 0.288. The van der Waals surface area contributed by atoms with Crippen molar-refractivity contribution in [1.82, 2.24) is 0 Å². The second-order valence-electron chi connectivity index (χ2n) is 4.19. The molecule has 1 saturated heterocycles. The second-order valence-corrected chi connectivity index (χ2v) is 4.19. The van der Waals surface area contributed by atoms with Gasteiger partial charge >= 0.3 is 0 Å². The molecule has 2 rings (SSSR count). The highest BCUT2D eigenvalue weighted by atomic mass is 16.2. The average molecular weight is 205 g/mol. The van der Waals surface area contributed by atoms with E-state index < -0.39 is 0 Å². The third-order valence-electron chi connectivity index (χ3n) is 3.01. The Bertz CT molecular complexity index is 305. The highest BCUT2D eigenvalue weighted by molar-refractivity contribution is 5.49. The Hall–Kier alpha value is -1.02. The maximum atomic E-state index is 8.80. The number of benzene rings is 1. The predicted molar refractivity (Wildman–Crippen MR) is 63.3 cm³/mol. The molecule has 0 aromatic heterocycles. The first-order valence-electron chi connectivity index (χ1n) is 5.85. The molecule has 1 aromatic rings. The van der Waals surface area contributed by atoms with Crippen LogP contribution in [-0.2, 0) is 6.42 Å². The molecule has 0 saturated carbocycles. The van der Waals surface area contributed by atoms with Crippen molar-refractivity contribution in [2.45, 2.75) is 25.7 Å². The molecule has 0 bridgehead atoms. The van der Waals surface area contributed by atoms with Gasteiger partial charge in [0.25, 0.3) is 0 Å². The zero-order valence-electron chi connectivity index (χ0n) is 9.15. The van der Waals surface area contributed by atoms with Crippen LogP contribution < -0.4 is 4.90 Å². The van der Waals surface area contributed by atoms with Crippen molar-refractivity contribution in [2.24, 2.45) is 0 Å². The highest BCUT2D eigenvalue weighted by Gasteiger charge is 2.11.